The number of para-hydroxylation sites is 1. The predicted molar refractivity (Wildman–Crippen MR) is 46.6 cm³/mol. The van der Waals surface area contributed by atoms with E-state index < -0.39 is 6.61 Å². The number of alkyl halides is 2. The Morgan fingerprint density at radius 3 is 2.38 bits per heavy atom. The van der Waals surface area contributed by atoms with Crippen LogP contribution in [0.2, 0.25) is 0 Å². The summed E-state index contributed by atoms with van der Waals surface area (Å²) in [6.07, 6.45) is 0. The molecule has 0 aliphatic carbocycles. The monoisotopic (exact) mass is 187 g/mol. The highest BCUT2D eigenvalue weighted by Crippen LogP contribution is 2.14. The number of hydrogen-bond acceptors (Lipinski definition) is 2. The second kappa shape index (κ2) is 4.77. The second-order valence-corrected chi connectivity index (χ2v) is 2.40. The van der Waals surface area contributed by atoms with Crippen molar-refractivity contribution in [2.45, 2.75) is 13.5 Å². The summed E-state index contributed by atoms with van der Waals surface area (Å²) in [5.41, 5.74) is 0.630. The van der Waals surface area contributed by atoms with E-state index in [4.69, 9.17) is 0 Å². The molecule has 72 valence electrons. The smallest absolute Gasteiger partial charge is 0.249 e. The second-order valence-electron chi connectivity index (χ2n) is 2.40. The molecular formula is C9H11F2NO. The van der Waals surface area contributed by atoms with Crippen LogP contribution >= 0.6 is 0 Å². The average Bonchev–Trinajstić information content (AvgIpc) is 2.15. The van der Waals surface area contributed by atoms with Crippen LogP contribution in [-0.4, -0.2) is 13.2 Å². The normalized spacial score (nSPS) is 10.5. The Labute approximate surface area is 75.7 Å². The molecule has 0 heterocycles. The van der Waals surface area contributed by atoms with Gasteiger partial charge in [0.05, 0.1) is 5.69 Å². The summed E-state index contributed by atoms with van der Waals surface area (Å²) in [7, 11) is 0. The molecule has 1 rings (SSSR count). The van der Waals surface area contributed by atoms with Gasteiger partial charge in [0, 0.05) is 6.54 Å². The third-order valence-electron chi connectivity index (χ3n) is 1.54. The van der Waals surface area contributed by atoms with E-state index in [1.807, 2.05) is 6.07 Å². The van der Waals surface area contributed by atoms with Gasteiger partial charge in [0.25, 0.3) is 0 Å². The highest BCUT2D eigenvalue weighted by atomic mass is 19.3. The zero-order chi connectivity index (χ0) is 9.68. The standard InChI is InChI=1S/C9H11F2NO/c1-2-12(13-9(10)11)8-6-4-3-5-7-8/h3-7,9H,2H2,1H3. The van der Waals surface area contributed by atoms with E-state index in [9.17, 15) is 8.78 Å². The minimum Gasteiger partial charge on any atom is -0.249 e. The largest absolute Gasteiger partial charge is 0.364 e. The molecule has 0 spiro atoms. The maximum Gasteiger partial charge on any atom is 0.364 e. The van der Waals surface area contributed by atoms with Crippen molar-refractivity contribution in [3.05, 3.63) is 30.3 Å². The first-order valence-corrected chi connectivity index (χ1v) is 4.01. The Morgan fingerprint density at radius 1 is 1.31 bits per heavy atom. The Kier molecular flexibility index (Phi) is 3.64. The van der Waals surface area contributed by atoms with Crippen LogP contribution in [0.4, 0.5) is 14.5 Å². The van der Waals surface area contributed by atoms with Crippen LogP contribution in [0.5, 0.6) is 0 Å². The fraction of sp³-hybridized carbons (Fsp3) is 0.333. The first-order valence-electron chi connectivity index (χ1n) is 4.01. The Balaban J connectivity index is 2.67. The van der Waals surface area contributed by atoms with Gasteiger partial charge in [-0.15, -0.1) is 0 Å². The molecule has 0 atom stereocenters. The summed E-state index contributed by atoms with van der Waals surface area (Å²) >= 11 is 0. The summed E-state index contributed by atoms with van der Waals surface area (Å²) in [4.78, 5) is 4.29. The van der Waals surface area contributed by atoms with Crippen LogP contribution in [0.25, 0.3) is 0 Å². The fourth-order valence-electron chi connectivity index (χ4n) is 1.01. The molecule has 13 heavy (non-hydrogen) atoms. The lowest BCUT2D eigenvalue weighted by molar-refractivity contribution is -0.138. The van der Waals surface area contributed by atoms with Crippen LogP contribution in [0.3, 0.4) is 0 Å². The van der Waals surface area contributed by atoms with Gasteiger partial charge >= 0.3 is 6.61 Å². The number of benzene rings is 1. The minimum absolute atomic E-state index is 0.383. The van der Waals surface area contributed by atoms with Crippen molar-refractivity contribution in [1.82, 2.24) is 0 Å². The van der Waals surface area contributed by atoms with Crippen molar-refractivity contribution in [2.24, 2.45) is 0 Å². The van der Waals surface area contributed by atoms with Crippen molar-refractivity contribution in [2.75, 3.05) is 11.6 Å². The maximum atomic E-state index is 11.9. The Morgan fingerprint density at radius 2 is 1.92 bits per heavy atom. The van der Waals surface area contributed by atoms with Crippen molar-refractivity contribution in [1.29, 1.82) is 0 Å². The van der Waals surface area contributed by atoms with Gasteiger partial charge in [0.1, 0.15) is 0 Å². The SMILES string of the molecule is CCN(OC(F)F)c1ccccc1. The van der Waals surface area contributed by atoms with E-state index in [0.717, 1.165) is 5.06 Å². The van der Waals surface area contributed by atoms with E-state index in [-0.39, 0.29) is 0 Å². The molecule has 0 saturated heterocycles. The lowest BCUT2D eigenvalue weighted by Gasteiger charge is -2.20. The molecule has 0 aliphatic heterocycles. The van der Waals surface area contributed by atoms with Crippen LogP contribution in [0.15, 0.2) is 30.3 Å². The van der Waals surface area contributed by atoms with Gasteiger partial charge in [-0.1, -0.05) is 18.2 Å². The summed E-state index contributed by atoms with van der Waals surface area (Å²) in [5.74, 6) is 0. The number of nitrogens with zero attached hydrogens (tertiary/aromatic N) is 1. The van der Waals surface area contributed by atoms with Crippen molar-refractivity contribution in [3.8, 4) is 0 Å². The van der Waals surface area contributed by atoms with Crippen LogP contribution < -0.4 is 5.06 Å². The van der Waals surface area contributed by atoms with Gasteiger partial charge in [0.2, 0.25) is 0 Å². The van der Waals surface area contributed by atoms with Crippen LogP contribution in [0, 0.1) is 0 Å². The summed E-state index contributed by atoms with van der Waals surface area (Å²) in [6.45, 7) is -0.649. The molecule has 1 aromatic rings. The van der Waals surface area contributed by atoms with Gasteiger partial charge in [-0.25, -0.2) is 9.90 Å². The highest BCUT2D eigenvalue weighted by Gasteiger charge is 2.10. The molecule has 0 amide bonds. The molecule has 4 heteroatoms. The van der Waals surface area contributed by atoms with E-state index in [1.165, 1.54) is 0 Å². The van der Waals surface area contributed by atoms with E-state index in [0.29, 0.717) is 12.2 Å². The number of anilines is 1. The number of rotatable bonds is 4. The van der Waals surface area contributed by atoms with Crippen molar-refractivity contribution < 1.29 is 13.6 Å². The molecule has 0 saturated carbocycles. The fourth-order valence-corrected chi connectivity index (χ4v) is 1.01. The maximum absolute atomic E-state index is 11.9. The van der Waals surface area contributed by atoms with Gasteiger partial charge in [-0.3, -0.25) is 0 Å². The van der Waals surface area contributed by atoms with Gasteiger partial charge in [0.15, 0.2) is 0 Å². The molecule has 0 N–H and O–H groups in total. The molecule has 0 bridgehead atoms. The number of halogens is 2. The average molecular weight is 187 g/mol. The Bertz CT molecular complexity index is 241. The number of hydrogen-bond donors (Lipinski definition) is 0. The summed E-state index contributed by atoms with van der Waals surface area (Å²) in [5, 5.41) is 1.16. The topological polar surface area (TPSA) is 12.5 Å². The molecule has 0 fully saturated rings. The first kappa shape index (κ1) is 9.92. The van der Waals surface area contributed by atoms with Crippen LogP contribution in [-0.2, 0) is 4.84 Å². The number of hydroxylamine groups is 1. The molecule has 1 aromatic carbocycles. The highest BCUT2D eigenvalue weighted by molar-refractivity contribution is 5.42. The van der Waals surface area contributed by atoms with Gasteiger partial charge in [-0.05, 0) is 19.1 Å². The molecule has 2 nitrogen and oxygen atoms in total. The summed E-state index contributed by atoms with van der Waals surface area (Å²) < 4.78 is 23.8. The third kappa shape index (κ3) is 2.99. The van der Waals surface area contributed by atoms with Crippen molar-refractivity contribution in [3.63, 3.8) is 0 Å². The first-order chi connectivity index (χ1) is 6.24. The van der Waals surface area contributed by atoms with Gasteiger partial charge < -0.3 is 0 Å². The molecular weight excluding hydrogens is 176 g/mol. The van der Waals surface area contributed by atoms with E-state index >= 15 is 0 Å². The zero-order valence-corrected chi connectivity index (χ0v) is 7.28. The lowest BCUT2D eigenvalue weighted by Crippen LogP contribution is -2.25. The van der Waals surface area contributed by atoms with E-state index in [1.54, 1.807) is 31.2 Å². The quantitative estimate of drug-likeness (QED) is 0.672. The molecule has 0 aliphatic rings. The minimum atomic E-state index is -2.78. The summed E-state index contributed by atoms with van der Waals surface area (Å²) in [6, 6.07) is 8.79. The molecule has 0 radical (unpaired) electrons. The van der Waals surface area contributed by atoms with Gasteiger partial charge in [-0.2, -0.15) is 8.78 Å². The zero-order valence-electron chi connectivity index (χ0n) is 7.28. The molecule has 0 unspecified atom stereocenters. The lowest BCUT2D eigenvalue weighted by atomic mass is 10.3. The van der Waals surface area contributed by atoms with Crippen molar-refractivity contribution >= 4 is 5.69 Å². The van der Waals surface area contributed by atoms with Crippen LogP contribution in [0.1, 0.15) is 6.92 Å². The Hall–Kier alpha value is -1.16. The predicted octanol–water partition coefficient (Wildman–Crippen LogP) is 2.67. The third-order valence-corrected chi connectivity index (χ3v) is 1.54. The molecule has 0 aromatic heterocycles. The van der Waals surface area contributed by atoms with E-state index in [2.05, 4.69) is 4.84 Å².